The number of hydrogen-bond acceptors (Lipinski definition) is 2. The van der Waals surface area contributed by atoms with E-state index in [-0.39, 0.29) is 22.4 Å². The zero-order valence-electron chi connectivity index (χ0n) is 17.8. The average Bonchev–Trinajstić information content (AvgIpc) is 3.06. The predicted octanol–water partition coefficient (Wildman–Crippen LogP) is 4.62. The molecule has 7 heteroatoms. The number of halogens is 2. The second kappa shape index (κ2) is 8.50. The molecule has 1 saturated heterocycles. The average molecular weight is 444 g/mol. The standard InChI is InChI=1S/C24H27ClFN3O2/c1-15-4-5-17(12-16(15)2)24(9-3-10-24)14-27-23(31)28-21-8-11-29(22(21)30)18-6-7-19(25)20(26)13-18/h4-7,12-13,21H,3,8-11,14H2,1-2H3,(H2,27,28,31). The van der Waals surface area contributed by atoms with Gasteiger partial charge in [-0.15, -0.1) is 0 Å². The largest absolute Gasteiger partial charge is 0.337 e. The maximum Gasteiger partial charge on any atom is 0.315 e. The lowest BCUT2D eigenvalue weighted by molar-refractivity contribution is -0.118. The highest BCUT2D eigenvalue weighted by Gasteiger charge is 2.39. The molecule has 2 fully saturated rings. The number of aryl methyl sites for hydroxylation is 2. The number of anilines is 1. The molecule has 164 valence electrons. The van der Waals surface area contributed by atoms with Crippen molar-refractivity contribution < 1.29 is 14.0 Å². The van der Waals surface area contributed by atoms with Crippen molar-refractivity contribution in [2.45, 2.75) is 51.0 Å². The zero-order chi connectivity index (χ0) is 22.2. The van der Waals surface area contributed by atoms with E-state index in [0.29, 0.717) is 25.2 Å². The van der Waals surface area contributed by atoms with Crippen molar-refractivity contribution in [3.8, 4) is 0 Å². The summed E-state index contributed by atoms with van der Waals surface area (Å²) in [5.41, 5.74) is 4.18. The first-order valence-electron chi connectivity index (χ1n) is 10.7. The molecule has 2 N–H and O–H groups in total. The number of rotatable bonds is 5. The number of urea groups is 1. The molecule has 1 aliphatic heterocycles. The summed E-state index contributed by atoms with van der Waals surface area (Å²) in [6.45, 7) is 5.15. The Hall–Kier alpha value is -2.60. The van der Waals surface area contributed by atoms with Crippen molar-refractivity contribution in [3.05, 3.63) is 63.9 Å². The van der Waals surface area contributed by atoms with Crippen molar-refractivity contribution in [2.24, 2.45) is 0 Å². The van der Waals surface area contributed by atoms with Crippen LogP contribution in [0.5, 0.6) is 0 Å². The van der Waals surface area contributed by atoms with Gasteiger partial charge in [-0.05, 0) is 68.0 Å². The molecule has 0 aromatic heterocycles. The minimum atomic E-state index is -0.627. The van der Waals surface area contributed by atoms with Crippen LogP contribution in [0.15, 0.2) is 36.4 Å². The van der Waals surface area contributed by atoms with Crippen molar-refractivity contribution in [2.75, 3.05) is 18.0 Å². The van der Waals surface area contributed by atoms with Crippen molar-refractivity contribution in [1.29, 1.82) is 0 Å². The van der Waals surface area contributed by atoms with Crippen LogP contribution in [0.4, 0.5) is 14.9 Å². The Labute approximate surface area is 187 Å². The quantitative estimate of drug-likeness (QED) is 0.708. The molecule has 2 aromatic carbocycles. The molecule has 2 aromatic rings. The molecule has 1 saturated carbocycles. The molecule has 1 aliphatic carbocycles. The van der Waals surface area contributed by atoms with Gasteiger partial charge in [0.15, 0.2) is 0 Å². The Morgan fingerprint density at radius 3 is 2.61 bits per heavy atom. The van der Waals surface area contributed by atoms with E-state index in [9.17, 15) is 14.0 Å². The number of carbonyl (C=O) groups excluding carboxylic acids is 2. The van der Waals surface area contributed by atoms with E-state index in [4.69, 9.17) is 11.6 Å². The first kappa shape index (κ1) is 21.6. The van der Waals surface area contributed by atoms with Crippen molar-refractivity contribution in [1.82, 2.24) is 10.6 Å². The van der Waals surface area contributed by atoms with Crippen LogP contribution in [0.3, 0.4) is 0 Å². The molecule has 1 atom stereocenters. The van der Waals surface area contributed by atoms with Gasteiger partial charge in [0.1, 0.15) is 11.9 Å². The maximum absolute atomic E-state index is 13.8. The van der Waals surface area contributed by atoms with E-state index < -0.39 is 11.9 Å². The Morgan fingerprint density at radius 2 is 1.97 bits per heavy atom. The van der Waals surface area contributed by atoms with Gasteiger partial charge in [-0.2, -0.15) is 0 Å². The second-order valence-corrected chi connectivity index (χ2v) is 9.10. The summed E-state index contributed by atoms with van der Waals surface area (Å²) in [6.07, 6.45) is 3.69. The predicted molar refractivity (Wildman–Crippen MR) is 120 cm³/mol. The third-order valence-electron chi connectivity index (χ3n) is 6.74. The number of benzene rings is 2. The Morgan fingerprint density at radius 1 is 1.19 bits per heavy atom. The molecule has 0 radical (unpaired) electrons. The van der Waals surface area contributed by atoms with E-state index in [1.807, 2.05) is 0 Å². The van der Waals surface area contributed by atoms with Gasteiger partial charge in [-0.1, -0.05) is 36.2 Å². The first-order chi connectivity index (χ1) is 14.8. The summed E-state index contributed by atoms with van der Waals surface area (Å²) in [4.78, 5) is 26.8. The molecule has 5 nitrogen and oxygen atoms in total. The lowest BCUT2D eigenvalue weighted by Gasteiger charge is -2.43. The first-order valence-corrected chi connectivity index (χ1v) is 11.1. The fraction of sp³-hybridized carbons (Fsp3) is 0.417. The molecule has 2 aliphatic rings. The third kappa shape index (κ3) is 4.26. The van der Waals surface area contributed by atoms with Crippen molar-refractivity contribution >= 4 is 29.2 Å². The summed E-state index contributed by atoms with van der Waals surface area (Å²) in [5, 5.41) is 5.78. The van der Waals surface area contributed by atoms with E-state index >= 15 is 0 Å². The van der Waals surface area contributed by atoms with Gasteiger partial charge in [0, 0.05) is 24.2 Å². The lowest BCUT2D eigenvalue weighted by atomic mass is 9.64. The summed E-state index contributed by atoms with van der Waals surface area (Å²) in [7, 11) is 0. The van der Waals surface area contributed by atoms with Gasteiger partial charge in [0.2, 0.25) is 5.91 Å². The van der Waals surface area contributed by atoms with Crippen LogP contribution in [0.2, 0.25) is 5.02 Å². The minimum Gasteiger partial charge on any atom is -0.337 e. The van der Waals surface area contributed by atoms with Crippen LogP contribution in [-0.2, 0) is 10.2 Å². The SMILES string of the molecule is Cc1ccc(C2(CNC(=O)NC3CCN(c4ccc(Cl)c(F)c4)C3=O)CCC2)cc1C. The molecule has 1 unspecified atom stereocenters. The van der Waals surface area contributed by atoms with Gasteiger partial charge in [0.05, 0.1) is 5.02 Å². The fourth-order valence-corrected chi connectivity index (χ4v) is 4.54. The van der Waals surface area contributed by atoms with Gasteiger partial charge in [0.25, 0.3) is 0 Å². The maximum atomic E-state index is 13.8. The second-order valence-electron chi connectivity index (χ2n) is 8.69. The molecular weight excluding hydrogens is 417 g/mol. The number of carbonyl (C=O) groups is 2. The summed E-state index contributed by atoms with van der Waals surface area (Å²) < 4.78 is 13.8. The van der Waals surface area contributed by atoms with E-state index in [0.717, 1.165) is 19.3 Å². The lowest BCUT2D eigenvalue weighted by Crippen LogP contribution is -2.51. The van der Waals surface area contributed by atoms with Crippen LogP contribution < -0.4 is 15.5 Å². The fourth-order valence-electron chi connectivity index (χ4n) is 4.42. The van der Waals surface area contributed by atoms with Gasteiger partial charge >= 0.3 is 6.03 Å². The Kier molecular flexibility index (Phi) is 5.93. The van der Waals surface area contributed by atoms with Crippen molar-refractivity contribution in [3.63, 3.8) is 0 Å². The van der Waals surface area contributed by atoms with Gasteiger partial charge in [-0.25, -0.2) is 9.18 Å². The van der Waals surface area contributed by atoms with Gasteiger partial charge < -0.3 is 15.5 Å². The normalized spacial score (nSPS) is 19.8. The van der Waals surface area contributed by atoms with Crippen LogP contribution in [0.1, 0.15) is 42.4 Å². The summed E-state index contributed by atoms with van der Waals surface area (Å²) in [6, 6.07) is 9.81. The highest BCUT2D eigenvalue weighted by molar-refractivity contribution is 6.30. The number of nitrogens with zero attached hydrogens (tertiary/aromatic N) is 1. The molecular formula is C24H27ClFN3O2. The monoisotopic (exact) mass is 443 g/mol. The Bertz CT molecular complexity index is 1020. The third-order valence-corrected chi connectivity index (χ3v) is 7.05. The van der Waals surface area contributed by atoms with Crippen LogP contribution >= 0.6 is 11.6 Å². The van der Waals surface area contributed by atoms with E-state index in [1.54, 1.807) is 6.07 Å². The highest BCUT2D eigenvalue weighted by atomic mass is 35.5. The zero-order valence-corrected chi connectivity index (χ0v) is 18.6. The molecule has 4 rings (SSSR count). The van der Waals surface area contributed by atoms with Gasteiger partial charge in [-0.3, -0.25) is 4.79 Å². The van der Waals surface area contributed by atoms with Crippen LogP contribution in [0.25, 0.3) is 0 Å². The number of hydrogen-bond donors (Lipinski definition) is 2. The van der Waals surface area contributed by atoms with E-state index in [1.165, 1.54) is 33.7 Å². The van der Waals surface area contributed by atoms with E-state index in [2.05, 4.69) is 42.7 Å². The molecule has 1 heterocycles. The molecule has 0 bridgehead atoms. The summed E-state index contributed by atoms with van der Waals surface area (Å²) in [5.74, 6) is -0.817. The minimum absolute atomic E-state index is 0.0122. The smallest absolute Gasteiger partial charge is 0.315 e. The molecule has 31 heavy (non-hydrogen) atoms. The summed E-state index contributed by atoms with van der Waals surface area (Å²) >= 11 is 5.73. The van der Waals surface area contributed by atoms with Crippen LogP contribution in [-0.4, -0.2) is 31.1 Å². The molecule has 0 spiro atoms. The highest BCUT2D eigenvalue weighted by Crippen LogP contribution is 2.43. The Balaban J connectivity index is 1.36. The number of nitrogens with one attached hydrogen (secondary N) is 2. The number of amides is 3. The molecule has 3 amide bonds. The van der Waals surface area contributed by atoms with Crippen LogP contribution in [0, 0.1) is 19.7 Å². The topological polar surface area (TPSA) is 61.4 Å².